The Morgan fingerprint density at radius 3 is 1.88 bits per heavy atom. The van der Waals surface area contributed by atoms with E-state index >= 15 is 0 Å². The van der Waals surface area contributed by atoms with Crippen molar-refractivity contribution in [2.24, 2.45) is 0 Å². The summed E-state index contributed by atoms with van der Waals surface area (Å²) in [7, 11) is 0. The predicted octanol–water partition coefficient (Wildman–Crippen LogP) is 12.0. The van der Waals surface area contributed by atoms with Gasteiger partial charge < -0.3 is 0 Å². The summed E-state index contributed by atoms with van der Waals surface area (Å²) >= 11 is 0. The molecule has 0 aromatic heterocycles. The number of hydrogen-bond acceptors (Lipinski definition) is 0. The van der Waals surface area contributed by atoms with Crippen molar-refractivity contribution in [3.63, 3.8) is 0 Å². The highest BCUT2D eigenvalue weighted by molar-refractivity contribution is 6.10. The van der Waals surface area contributed by atoms with E-state index in [0.717, 1.165) is 0 Å². The van der Waals surface area contributed by atoms with Crippen molar-refractivity contribution in [3.8, 4) is 33.4 Å². The molecule has 0 radical (unpaired) electrons. The Hall–Kier alpha value is -6.24. The molecule has 0 heterocycles. The molecule has 1 aliphatic carbocycles. The summed E-state index contributed by atoms with van der Waals surface area (Å²) in [6, 6.07) is -8.01. The second-order valence-electron chi connectivity index (χ2n) is 11.5. The standard InChI is InChI=1S/C50H34/c1-3-13-38-30-40(26-22-33(38)10-1)35-20-24-37(25-21-35)49-45-17-7-8-18-46(45)50(44-19-9-15-36-12-5-6-16-43(36)44)47-29-28-42(32-48(47)49)41-27-23-34-11-2-4-14-39(34)31-41/h1-27,29-32,42H,28H2/i1D,2D,3D,4D,7D,8D,10D,11D,13D,14D,17D,18D,20D,21D,22D,23D,24D,25D,26D,27D,28D,29D,30D,31D,32D. The Morgan fingerprint density at radius 1 is 0.460 bits per heavy atom. The fourth-order valence-electron chi connectivity index (χ4n) is 6.38. The summed E-state index contributed by atoms with van der Waals surface area (Å²) in [5.74, 6) is -1.96. The highest BCUT2D eigenvalue weighted by atomic mass is 14.2. The van der Waals surface area contributed by atoms with E-state index in [2.05, 4.69) is 0 Å². The van der Waals surface area contributed by atoms with Crippen molar-refractivity contribution in [2.75, 3.05) is 0 Å². The molecule has 9 aromatic carbocycles. The van der Waals surface area contributed by atoms with E-state index in [4.69, 9.17) is 17.8 Å². The monoisotopic (exact) mass is 659 g/mol. The van der Waals surface area contributed by atoms with E-state index in [9.17, 15) is 16.4 Å². The molecular weight excluding hydrogens is 601 g/mol. The molecule has 0 nitrogen and oxygen atoms in total. The van der Waals surface area contributed by atoms with Crippen LogP contribution in [0.5, 0.6) is 0 Å². The van der Waals surface area contributed by atoms with Crippen LogP contribution in [0.15, 0.2) is 175 Å². The summed E-state index contributed by atoms with van der Waals surface area (Å²) < 4.78 is 228. The second kappa shape index (κ2) is 11.7. The molecule has 0 saturated heterocycles. The van der Waals surface area contributed by atoms with E-state index in [1.165, 1.54) is 0 Å². The Balaban J connectivity index is 1.47. The quantitative estimate of drug-likeness (QED) is 0.176. The largest absolute Gasteiger partial charge is 0.0751 e. The second-order valence-corrected chi connectivity index (χ2v) is 11.5. The molecule has 0 N–H and O–H groups in total. The normalized spacial score (nSPS) is 22.9. The average molecular weight is 660 g/mol. The molecule has 9 aromatic rings. The van der Waals surface area contributed by atoms with Gasteiger partial charge in [-0.05, 0) is 105 Å². The lowest BCUT2D eigenvalue weighted by molar-refractivity contribution is 0.924. The lowest BCUT2D eigenvalue weighted by atomic mass is 9.81. The molecule has 234 valence electrons. The third-order valence-corrected chi connectivity index (χ3v) is 8.65. The van der Waals surface area contributed by atoms with Gasteiger partial charge in [-0.1, -0.05) is 181 Å². The number of benzene rings is 9. The van der Waals surface area contributed by atoms with Crippen LogP contribution in [-0.4, -0.2) is 0 Å². The van der Waals surface area contributed by atoms with Gasteiger partial charge in [0.1, 0.15) is 0 Å². The molecule has 1 aliphatic rings. The van der Waals surface area contributed by atoms with Gasteiger partial charge in [0.15, 0.2) is 0 Å². The van der Waals surface area contributed by atoms with Crippen molar-refractivity contribution in [1.82, 2.24) is 0 Å². The van der Waals surface area contributed by atoms with Gasteiger partial charge in [-0.25, -0.2) is 0 Å². The van der Waals surface area contributed by atoms with Crippen LogP contribution >= 0.6 is 0 Å². The lowest BCUT2D eigenvalue weighted by Crippen LogP contribution is -2.33. The zero-order valence-corrected chi connectivity index (χ0v) is 25.7. The number of hydrogen-bond donors (Lipinski definition) is 0. The minimum atomic E-state index is -2.01. The molecule has 2 unspecified atom stereocenters. The van der Waals surface area contributed by atoms with Crippen LogP contribution in [0, 0.1) is 0 Å². The van der Waals surface area contributed by atoms with Crippen LogP contribution in [0.3, 0.4) is 0 Å². The molecule has 10 rings (SSSR count). The van der Waals surface area contributed by atoms with E-state index < -0.39 is 217 Å². The molecule has 0 spiro atoms. The van der Waals surface area contributed by atoms with Gasteiger partial charge in [-0.2, -0.15) is 0 Å². The summed E-state index contributed by atoms with van der Waals surface area (Å²) in [5.41, 5.74) is -3.35. The maximum Gasteiger partial charge on any atom is 0.0636 e. The molecule has 0 heteroatoms. The molecule has 50 heavy (non-hydrogen) atoms. The molecule has 0 amide bonds. The van der Waals surface area contributed by atoms with Crippen molar-refractivity contribution in [2.45, 2.75) is 12.3 Å². The molecule has 2 atom stereocenters. The first-order chi connectivity index (χ1) is 35.2. The van der Waals surface area contributed by atoms with E-state index in [0.29, 0.717) is 10.8 Å². The minimum absolute atomic E-state index is 0.114. The van der Waals surface area contributed by atoms with Crippen LogP contribution in [0.1, 0.15) is 52.1 Å². The zero-order chi connectivity index (χ0) is 54.8. The zero-order valence-electron chi connectivity index (χ0n) is 50.7. The number of fused-ring (bicyclic) bond motifs is 5. The minimum Gasteiger partial charge on any atom is -0.0751 e. The Bertz CT molecular complexity index is 4280. The van der Waals surface area contributed by atoms with Crippen molar-refractivity contribution in [1.29, 1.82) is 0 Å². The van der Waals surface area contributed by atoms with Gasteiger partial charge in [0.25, 0.3) is 0 Å². The van der Waals surface area contributed by atoms with E-state index in [1.807, 2.05) is 0 Å². The third-order valence-electron chi connectivity index (χ3n) is 8.65. The third kappa shape index (κ3) is 4.76. The SMILES string of the molecule is [2H]C1=c2c(-c3c([2H])c([2H])c(-c4c([2H])c([2H])c5c([2H])c([2H])c([2H])c([2H])c5c4[2H])c([2H])c3[2H])c3c([2H])c([2H])c([2H])c([2H])c3c(-c3cccc4ccccc34)c2=C([2H])C([2H])C1c1c([2H])c([2H])c2c([2H])c([2H])c([2H])c([2H])c2c1[2H]. The predicted molar refractivity (Wildman–Crippen MR) is 215 cm³/mol. The van der Waals surface area contributed by atoms with Crippen LogP contribution in [0.25, 0.3) is 88.6 Å². The van der Waals surface area contributed by atoms with Gasteiger partial charge in [0.05, 0.1) is 32.9 Å². The highest BCUT2D eigenvalue weighted by Crippen LogP contribution is 2.37. The van der Waals surface area contributed by atoms with E-state index in [1.54, 1.807) is 42.5 Å². The smallest absolute Gasteiger partial charge is 0.0636 e. The van der Waals surface area contributed by atoms with Crippen LogP contribution in [0.4, 0.5) is 0 Å². The van der Waals surface area contributed by atoms with Crippen molar-refractivity contribution >= 4 is 55.2 Å². The Morgan fingerprint density at radius 2 is 1.08 bits per heavy atom. The van der Waals surface area contributed by atoms with Crippen LogP contribution in [0.2, 0.25) is 0 Å². The summed E-state index contributed by atoms with van der Waals surface area (Å²) in [4.78, 5) is 0. The first-order valence-corrected chi connectivity index (χ1v) is 15.5. The molecule has 0 fully saturated rings. The molecule has 0 bridgehead atoms. The van der Waals surface area contributed by atoms with Crippen LogP contribution in [-0.2, 0) is 0 Å². The molecule has 0 aliphatic heterocycles. The Labute approximate surface area is 327 Å². The first kappa shape index (κ1) is 13.2. The summed E-state index contributed by atoms with van der Waals surface area (Å²) in [6.07, 6.45) is -2.01. The topological polar surface area (TPSA) is 0 Å². The van der Waals surface area contributed by atoms with Gasteiger partial charge >= 0.3 is 0 Å². The van der Waals surface area contributed by atoms with Gasteiger partial charge in [0.2, 0.25) is 0 Å². The Kier molecular flexibility index (Phi) is 3.10. The van der Waals surface area contributed by atoms with Gasteiger partial charge in [0, 0.05) is 7.29 Å². The van der Waals surface area contributed by atoms with Crippen molar-refractivity contribution < 1.29 is 34.3 Å². The van der Waals surface area contributed by atoms with E-state index in [-0.39, 0.29) is 21.7 Å². The first-order valence-electron chi connectivity index (χ1n) is 28.1. The summed E-state index contributed by atoms with van der Waals surface area (Å²) in [6.45, 7) is 0. The molecule has 0 saturated carbocycles. The fraction of sp³-hybridized carbons (Fsp3) is 0.0400. The number of rotatable bonds is 4. The van der Waals surface area contributed by atoms with Gasteiger partial charge in [-0.3, -0.25) is 0 Å². The molecular formula is C50H34. The average Bonchev–Trinajstić information content (AvgIpc) is 3.39. The summed E-state index contributed by atoms with van der Waals surface area (Å²) in [5, 5.41) is -2.71. The van der Waals surface area contributed by atoms with Crippen LogP contribution < -0.4 is 10.4 Å². The van der Waals surface area contributed by atoms with Gasteiger partial charge in [-0.15, -0.1) is 0 Å². The highest BCUT2D eigenvalue weighted by Gasteiger charge is 2.20. The fourth-order valence-corrected chi connectivity index (χ4v) is 6.38. The maximum atomic E-state index is 10.3. The maximum absolute atomic E-state index is 10.3. The lowest BCUT2D eigenvalue weighted by Gasteiger charge is -2.22. The van der Waals surface area contributed by atoms with Crippen molar-refractivity contribution in [3.05, 3.63) is 191 Å².